The zero-order chi connectivity index (χ0) is 17.1. The molecule has 4 nitrogen and oxygen atoms in total. The number of hydrogen-bond acceptors (Lipinski definition) is 5. The molecule has 0 radical (unpaired) electrons. The van der Waals surface area contributed by atoms with E-state index in [9.17, 15) is 9.59 Å². The minimum atomic E-state index is -0.817. The van der Waals surface area contributed by atoms with Crippen molar-refractivity contribution in [2.45, 2.75) is 32.9 Å². The van der Waals surface area contributed by atoms with Crippen molar-refractivity contribution in [3.05, 3.63) is 35.9 Å². The number of rotatable bonds is 10. The van der Waals surface area contributed by atoms with Gasteiger partial charge in [-0.25, -0.2) is 0 Å². The third kappa shape index (κ3) is 7.55. The Morgan fingerprint density at radius 1 is 1.04 bits per heavy atom. The third-order valence-electron chi connectivity index (χ3n) is 3.29. The van der Waals surface area contributed by atoms with E-state index in [1.54, 1.807) is 25.6 Å². The Bertz CT molecular complexity index is 457. The summed E-state index contributed by atoms with van der Waals surface area (Å²) in [4.78, 5) is 23.9. The van der Waals surface area contributed by atoms with Crippen molar-refractivity contribution in [3.8, 4) is 0 Å². The lowest BCUT2D eigenvalue weighted by Gasteiger charge is -2.18. The van der Waals surface area contributed by atoms with Gasteiger partial charge < -0.3 is 9.47 Å². The van der Waals surface area contributed by atoms with Crippen LogP contribution in [0.3, 0.4) is 0 Å². The summed E-state index contributed by atoms with van der Waals surface area (Å²) in [5, 5.41) is 0. The van der Waals surface area contributed by atoms with Gasteiger partial charge in [0.2, 0.25) is 0 Å². The molecule has 1 unspecified atom stereocenters. The molecule has 0 saturated heterocycles. The maximum absolute atomic E-state index is 12.0. The third-order valence-corrected chi connectivity index (χ3v) is 4.64. The number of ether oxygens (including phenoxy) is 2. The first-order chi connectivity index (χ1) is 11.1. The fraction of sp³-hybridized carbons (Fsp3) is 0.556. The summed E-state index contributed by atoms with van der Waals surface area (Å²) in [6, 6.07) is 10.2. The van der Waals surface area contributed by atoms with Gasteiger partial charge in [0.25, 0.3) is 0 Å². The highest BCUT2D eigenvalue weighted by Crippen LogP contribution is 2.22. The summed E-state index contributed by atoms with van der Waals surface area (Å²) in [7, 11) is 0. The Morgan fingerprint density at radius 2 is 1.61 bits per heavy atom. The fourth-order valence-corrected chi connectivity index (χ4v) is 3.28. The molecule has 0 amide bonds. The van der Waals surface area contributed by atoms with Gasteiger partial charge in [0.1, 0.15) is 0 Å². The van der Waals surface area contributed by atoms with Crippen molar-refractivity contribution in [1.82, 2.24) is 0 Å². The van der Waals surface area contributed by atoms with E-state index < -0.39 is 17.9 Å². The van der Waals surface area contributed by atoms with Crippen LogP contribution in [0.25, 0.3) is 0 Å². The number of esters is 2. The van der Waals surface area contributed by atoms with Crippen LogP contribution in [0.15, 0.2) is 30.3 Å². The van der Waals surface area contributed by atoms with E-state index in [0.717, 1.165) is 11.5 Å². The average molecular weight is 338 g/mol. The summed E-state index contributed by atoms with van der Waals surface area (Å²) in [6.45, 7) is 6.06. The Kier molecular flexibility index (Phi) is 9.45. The summed E-state index contributed by atoms with van der Waals surface area (Å²) in [5.41, 5.74) is 1.28. The number of carbonyl (C=O) groups excluding carboxylic acids is 2. The van der Waals surface area contributed by atoms with E-state index in [1.807, 2.05) is 25.1 Å². The van der Waals surface area contributed by atoms with Crippen LogP contribution in [0.1, 0.15) is 32.8 Å². The Labute approximate surface area is 142 Å². The van der Waals surface area contributed by atoms with Crippen LogP contribution in [0.4, 0.5) is 0 Å². The van der Waals surface area contributed by atoms with E-state index in [2.05, 4.69) is 12.1 Å². The SMILES string of the molecule is CCOC(=O)C(CC(C)CSCc1ccccc1)C(=O)OCC. The number of carbonyl (C=O) groups is 2. The van der Waals surface area contributed by atoms with E-state index in [4.69, 9.17) is 9.47 Å². The molecule has 0 spiro atoms. The normalized spacial score (nSPS) is 12.0. The van der Waals surface area contributed by atoms with Gasteiger partial charge in [-0.1, -0.05) is 37.3 Å². The molecule has 0 aliphatic rings. The molecule has 23 heavy (non-hydrogen) atoms. The average Bonchev–Trinajstić information content (AvgIpc) is 2.54. The molecule has 0 heterocycles. The molecule has 1 aromatic carbocycles. The zero-order valence-corrected chi connectivity index (χ0v) is 14.9. The first-order valence-electron chi connectivity index (χ1n) is 8.03. The van der Waals surface area contributed by atoms with Crippen LogP contribution in [-0.2, 0) is 24.8 Å². The quantitative estimate of drug-likeness (QED) is 0.481. The first-order valence-corrected chi connectivity index (χ1v) is 9.18. The molecule has 1 atom stereocenters. The Balaban J connectivity index is 2.47. The monoisotopic (exact) mass is 338 g/mol. The molecule has 0 aromatic heterocycles. The second-order valence-corrected chi connectivity index (χ2v) is 6.43. The molecular weight excluding hydrogens is 312 g/mol. The maximum atomic E-state index is 12.0. The van der Waals surface area contributed by atoms with E-state index in [-0.39, 0.29) is 19.1 Å². The summed E-state index contributed by atoms with van der Waals surface area (Å²) in [6.07, 6.45) is 0.458. The van der Waals surface area contributed by atoms with Crippen LogP contribution in [-0.4, -0.2) is 30.9 Å². The molecule has 128 valence electrons. The Hall–Kier alpha value is -1.49. The van der Waals surface area contributed by atoms with E-state index >= 15 is 0 Å². The highest BCUT2D eigenvalue weighted by Gasteiger charge is 2.31. The molecular formula is C18H26O4S. The van der Waals surface area contributed by atoms with Gasteiger partial charge in [-0.2, -0.15) is 11.8 Å². The maximum Gasteiger partial charge on any atom is 0.320 e. The molecule has 5 heteroatoms. The molecule has 0 fully saturated rings. The minimum absolute atomic E-state index is 0.225. The second kappa shape index (κ2) is 11.1. The number of benzene rings is 1. The molecule has 0 aliphatic heterocycles. The van der Waals surface area contributed by atoms with Crippen molar-refractivity contribution in [2.24, 2.45) is 11.8 Å². The van der Waals surface area contributed by atoms with Crippen molar-refractivity contribution in [3.63, 3.8) is 0 Å². The van der Waals surface area contributed by atoms with Crippen LogP contribution < -0.4 is 0 Å². The van der Waals surface area contributed by atoms with Crippen molar-refractivity contribution >= 4 is 23.7 Å². The lowest BCUT2D eigenvalue weighted by molar-refractivity contribution is -0.162. The molecule has 0 saturated carbocycles. The van der Waals surface area contributed by atoms with Crippen LogP contribution >= 0.6 is 11.8 Å². The van der Waals surface area contributed by atoms with Gasteiger partial charge in [-0.05, 0) is 37.5 Å². The van der Waals surface area contributed by atoms with Gasteiger partial charge in [0.15, 0.2) is 5.92 Å². The van der Waals surface area contributed by atoms with Gasteiger partial charge >= 0.3 is 11.9 Å². The van der Waals surface area contributed by atoms with Crippen LogP contribution in [0.2, 0.25) is 0 Å². The first kappa shape index (κ1) is 19.6. The van der Waals surface area contributed by atoms with Crippen molar-refractivity contribution < 1.29 is 19.1 Å². The smallest absolute Gasteiger partial charge is 0.320 e. The molecule has 0 N–H and O–H groups in total. The van der Waals surface area contributed by atoms with E-state index in [1.165, 1.54) is 5.56 Å². The van der Waals surface area contributed by atoms with Crippen LogP contribution in [0, 0.1) is 11.8 Å². The zero-order valence-electron chi connectivity index (χ0n) is 14.1. The largest absolute Gasteiger partial charge is 0.465 e. The fourth-order valence-electron chi connectivity index (χ4n) is 2.20. The summed E-state index contributed by atoms with van der Waals surface area (Å²) < 4.78 is 10.00. The lowest BCUT2D eigenvalue weighted by Crippen LogP contribution is -2.30. The van der Waals surface area contributed by atoms with Crippen molar-refractivity contribution in [2.75, 3.05) is 19.0 Å². The summed E-state index contributed by atoms with van der Waals surface area (Å²) >= 11 is 1.80. The minimum Gasteiger partial charge on any atom is -0.465 e. The van der Waals surface area contributed by atoms with Crippen molar-refractivity contribution in [1.29, 1.82) is 0 Å². The predicted molar refractivity (Wildman–Crippen MR) is 93.1 cm³/mol. The summed E-state index contributed by atoms with van der Waals surface area (Å²) in [5.74, 6) is 0.250. The Morgan fingerprint density at radius 3 is 2.13 bits per heavy atom. The molecule has 1 rings (SSSR count). The van der Waals surface area contributed by atoms with Gasteiger partial charge in [-0.15, -0.1) is 0 Å². The van der Waals surface area contributed by atoms with Gasteiger partial charge in [0, 0.05) is 5.75 Å². The highest BCUT2D eigenvalue weighted by atomic mass is 32.2. The molecule has 0 bridgehead atoms. The second-order valence-electron chi connectivity index (χ2n) is 5.40. The number of thioether (sulfide) groups is 1. The van der Waals surface area contributed by atoms with Gasteiger partial charge in [0.05, 0.1) is 13.2 Å². The number of hydrogen-bond donors (Lipinski definition) is 0. The molecule has 0 aliphatic carbocycles. The van der Waals surface area contributed by atoms with E-state index in [0.29, 0.717) is 6.42 Å². The molecule has 1 aromatic rings. The lowest BCUT2D eigenvalue weighted by atomic mass is 9.97. The van der Waals surface area contributed by atoms with Crippen LogP contribution in [0.5, 0.6) is 0 Å². The standard InChI is InChI=1S/C18H26O4S/c1-4-21-17(19)16(18(20)22-5-2)11-14(3)12-23-13-15-9-7-6-8-10-15/h6-10,14,16H,4-5,11-13H2,1-3H3. The predicted octanol–water partition coefficient (Wildman–Crippen LogP) is 3.69. The highest BCUT2D eigenvalue weighted by molar-refractivity contribution is 7.98. The van der Waals surface area contributed by atoms with Gasteiger partial charge in [-0.3, -0.25) is 9.59 Å². The topological polar surface area (TPSA) is 52.6 Å².